The number of carbonyl (C=O) groups is 2. The highest BCUT2D eigenvalue weighted by molar-refractivity contribution is 6.03. The molecule has 0 fully saturated rings. The molecule has 1 aromatic rings. The molecule has 21 heavy (non-hydrogen) atoms. The van der Waals surface area contributed by atoms with Crippen LogP contribution in [0, 0.1) is 0 Å². The molecule has 4 N–H and O–H groups in total. The van der Waals surface area contributed by atoms with Crippen LogP contribution < -0.4 is 16.4 Å². The van der Waals surface area contributed by atoms with E-state index in [-0.39, 0.29) is 24.2 Å². The number of anilines is 1. The second kappa shape index (κ2) is 11.1. The quantitative estimate of drug-likeness (QED) is 0.644. The molecule has 2 amide bonds. The molecule has 1 aromatic carbocycles. The van der Waals surface area contributed by atoms with Crippen molar-refractivity contribution in [1.29, 1.82) is 0 Å². The predicted molar refractivity (Wildman–Crippen MR) is 87.8 cm³/mol. The minimum Gasteiger partial charge on any atom is -0.351 e. The van der Waals surface area contributed by atoms with Crippen LogP contribution in [0.15, 0.2) is 24.3 Å². The van der Waals surface area contributed by atoms with Gasteiger partial charge in [-0.3, -0.25) is 9.59 Å². The Hall–Kier alpha value is -1.59. The number of para-hydroxylation sites is 1. The lowest BCUT2D eigenvalue weighted by Crippen LogP contribution is -2.29. The van der Waals surface area contributed by atoms with Gasteiger partial charge in [-0.25, -0.2) is 0 Å². The van der Waals surface area contributed by atoms with E-state index >= 15 is 0 Å². The molecule has 0 aliphatic carbocycles. The highest BCUT2D eigenvalue weighted by Crippen LogP contribution is 2.15. The first-order valence-electron chi connectivity index (χ1n) is 7.06. The van der Waals surface area contributed by atoms with Gasteiger partial charge in [-0.2, -0.15) is 0 Å². The van der Waals surface area contributed by atoms with Crippen LogP contribution in [-0.4, -0.2) is 24.9 Å². The number of nitrogens with two attached hydrogens (primary N) is 1. The molecule has 0 bridgehead atoms. The van der Waals surface area contributed by atoms with E-state index in [1.54, 1.807) is 24.3 Å². The van der Waals surface area contributed by atoms with Gasteiger partial charge in [0.1, 0.15) is 0 Å². The molecule has 0 aliphatic heterocycles. The third-order valence-electron chi connectivity index (χ3n) is 2.88. The number of carbonyl (C=O) groups excluding carboxylic acids is 2. The van der Waals surface area contributed by atoms with Crippen molar-refractivity contribution in [2.24, 2.45) is 5.73 Å². The fourth-order valence-electron chi connectivity index (χ4n) is 1.82. The molecule has 5 nitrogen and oxygen atoms in total. The van der Waals surface area contributed by atoms with E-state index in [1.165, 1.54) is 0 Å². The number of rotatable bonds is 8. The molecule has 0 saturated carbocycles. The summed E-state index contributed by atoms with van der Waals surface area (Å²) >= 11 is 0. The Morgan fingerprint density at radius 1 is 1.19 bits per heavy atom. The number of benzene rings is 1. The Morgan fingerprint density at radius 3 is 2.57 bits per heavy atom. The molecule has 0 aromatic heterocycles. The molecule has 0 radical (unpaired) electrons. The van der Waals surface area contributed by atoms with E-state index in [0.717, 1.165) is 19.3 Å². The zero-order valence-electron chi connectivity index (χ0n) is 12.4. The highest BCUT2D eigenvalue weighted by atomic mass is 35.5. The average Bonchev–Trinajstić information content (AvgIpc) is 2.45. The maximum absolute atomic E-state index is 11.9. The van der Waals surface area contributed by atoms with Crippen LogP contribution in [-0.2, 0) is 4.79 Å². The summed E-state index contributed by atoms with van der Waals surface area (Å²) < 4.78 is 0. The summed E-state index contributed by atoms with van der Waals surface area (Å²) in [5.41, 5.74) is 6.36. The number of nitrogens with one attached hydrogen (secondary N) is 2. The van der Waals surface area contributed by atoms with Crippen molar-refractivity contribution in [2.75, 3.05) is 18.4 Å². The molecule has 0 unspecified atom stereocenters. The summed E-state index contributed by atoms with van der Waals surface area (Å²) in [5, 5.41) is 5.50. The van der Waals surface area contributed by atoms with E-state index in [0.29, 0.717) is 30.8 Å². The van der Waals surface area contributed by atoms with Gasteiger partial charge >= 0.3 is 0 Å². The van der Waals surface area contributed by atoms with E-state index in [9.17, 15) is 9.59 Å². The van der Waals surface area contributed by atoms with Crippen molar-refractivity contribution in [1.82, 2.24) is 5.32 Å². The summed E-state index contributed by atoms with van der Waals surface area (Å²) in [6.45, 7) is 2.89. The van der Waals surface area contributed by atoms with E-state index in [1.807, 2.05) is 0 Å². The largest absolute Gasteiger partial charge is 0.351 e. The Bertz CT molecular complexity index is 452. The first-order chi connectivity index (χ1) is 9.69. The van der Waals surface area contributed by atoms with Crippen molar-refractivity contribution in [3.63, 3.8) is 0 Å². The summed E-state index contributed by atoms with van der Waals surface area (Å²) in [4.78, 5) is 23.8. The molecule has 0 saturated heterocycles. The topological polar surface area (TPSA) is 84.2 Å². The minimum atomic E-state index is -0.222. The van der Waals surface area contributed by atoms with Crippen molar-refractivity contribution >= 4 is 29.9 Å². The van der Waals surface area contributed by atoms with E-state index in [2.05, 4.69) is 17.6 Å². The average molecular weight is 314 g/mol. The van der Waals surface area contributed by atoms with Crippen molar-refractivity contribution in [3.05, 3.63) is 29.8 Å². The van der Waals surface area contributed by atoms with Gasteiger partial charge in [0.25, 0.3) is 5.91 Å². The zero-order valence-corrected chi connectivity index (χ0v) is 13.2. The first kappa shape index (κ1) is 19.4. The lowest BCUT2D eigenvalue weighted by atomic mass is 10.1. The van der Waals surface area contributed by atoms with E-state index < -0.39 is 0 Å². The van der Waals surface area contributed by atoms with Crippen LogP contribution in [0.25, 0.3) is 0 Å². The van der Waals surface area contributed by atoms with Crippen molar-refractivity contribution in [2.45, 2.75) is 32.6 Å². The fourth-order valence-corrected chi connectivity index (χ4v) is 1.82. The second-order valence-corrected chi connectivity index (χ2v) is 4.60. The highest BCUT2D eigenvalue weighted by Gasteiger charge is 2.12. The molecule has 1 rings (SSSR count). The van der Waals surface area contributed by atoms with Gasteiger partial charge in [0.15, 0.2) is 0 Å². The van der Waals surface area contributed by atoms with Gasteiger partial charge in [0.05, 0.1) is 11.3 Å². The van der Waals surface area contributed by atoms with Gasteiger partial charge in [-0.1, -0.05) is 31.9 Å². The van der Waals surface area contributed by atoms with Crippen LogP contribution >= 0.6 is 12.4 Å². The van der Waals surface area contributed by atoms with Crippen LogP contribution in [0.3, 0.4) is 0 Å². The van der Waals surface area contributed by atoms with Gasteiger partial charge < -0.3 is 16.4 Å². The lowest BCUT2D eigenvalue weighted by molar-refractivity contribution is -0.116. The lowest BCUT2D eigenvalue weighted by Gasteiger charge is -2.11. The van der Waals surface area contributed by atoms with Crippen LogP contribution in [0.5, 0.6) is 0 Å². The summed E-state index contributed by atoms with van der Waals surface area (Å²) in [6, 6.07) is 6.98. The number of unbranched alkanes of at least 4 members (excludes halogenated alkanes) is 2. The van der Waals surface area contributed by atoms with Gasteiger partial charge in [0, 0.05) is 19.5 Å². The normalized spacial score (nSPS) is 9.62. The molecule has 0 aliphatic rings. The van der Waals surface area contributed by atoms with Crippen LogP contribution in [0.4, 0.5) is 5.69 Å². The SMILES string of the molecule is CCCCCC(=O)Nc1ccccc1C(=O)NCCN.Cl. The van der Waals surface area contributed by atoms with Crippen molar-refractivity contribution < 1.29 is 9.59 Å². The summed E-state index contributed by atoms with van der Waals surface area (Å²) in [5.74, 6) is -0.280. The molecule has 118 valence electrons. The van der Waals surface area contributed by atoms with Crippen molar-refractivity contribution in [3.8, 4) is 0 Å². The number of amides is 2. The maximum atomic E-state index is 11.9. The Kier molecular flexibility index (Phi) is 10.3. The number of halogens is 1. The molecular weight excluding hydrogens is 290 g/mol. The second-order valence-electron chi connectivity index (χ2n) is 4.60. The summed E-state index contributed by atoms with van der Waals surface area (Å²) in [6.07, 6.45) is 3.45. The fraction of sp³-hybridized carbons (Fsp3) is 0.467. The Morgan fingerprint density at radius 2 is 1.90 bits per heavy atom. The molecule has 0 spiro atoms. The standard InChI is InChI=1S/C15H23N3O2.ClH/c1-2-3-4-9-14(19)18-13-8-6-5-7-12(13)15(20)17-11-10-16;/h5-8H,2-4,9-11,16H2,1H3,(H,17,20)(H,18,19);1H. The maximum Gasteiger partial charge on any atom is 0.253 e. The predicted octanol–water partition coefficient (Wildman–Crippen LogP) is 2.32. The molecule has 6 heteroatoms. The monoisotopic (exact) mass is 313 g/mol. The number of hydrogen-bond donors (Lipinski definition) is 3. The van der Waals surface area contributed by atoms with Gasteiger partial charge in [0.2, 0.25) is 5.91 Å². The van der Waals surface area contributed by atoms with Crippen LogP contribution in [0.2, 0.25) is 0 Å². The number of hydrogen-bond acceptors (Lipinski definition) is 3. The van der Waals surface area contributed by atoms with Gasteiger partial charge in [-0.05, 0) is 18.6 Å². The third kappa shape index (κ3) is 7.11. The van der Waals surface area contributed by atoms with Crippen LogP contribution in [0.1, 0.15) is 43.0 Å². The van der Waals surface area contributed by atoms with E-state index in [4.69, 9.17) is 5.73 Å². The smallest absolute Gasteiger partial charge is 0.253 e. The minimum absolute atomic E-state index is 0. The molecular formula is C15H24ClN3O2. The van der Waals surface area contributed by atoms with Gasteiger partial charge in [-0.15, -0.1) is 12.4 Å². The Balaban J connectivity index is 0.00000400. The zero-order chi connectivity index (χ0) is 14.8. The molecule has 0 atom stereocenters. The Labute approximate surface area is 132 Å². The first-order valence-corrected chi connectivity index (χ1v) is 7.06. The molecule has 0 heterocycles. The summed E-state index contributed by atoms with van der Waals surface area (Å²) in [7, 11) is 0. The third-order valence-corrected chi connectivity index (χ3v) is 2.88.